The molecular formula is C18H18N7+. The summed E-state index contributed by atoms with van der Waals surface area (Å²) in [7, 11) is 0. The highest BCUT2D eigenvalue weighted by molar-refractivity contribution is 5.91. The Balaban J connectivity index is 1.89. The molecule has 7 nitrogen and oxygen atoms in total. The fourth-order valence-corrected chi connectivity index (χ4v) is 2.75. The molecule has 124 valence electrons. The van der Waals surface area contributed by atoms with Crippen molar-refractivity contribution in [3.8, 4) is 11.4 Å². The number of aryl methyl sites for hydroxylation is 1. The van der Waals surface area contributed by atoms with Crippen LogP contribution >= 0.6 is 0 Å². The molecule has 7 heteroatoms. The third-order valence-corrected chi connectivity index (χ3v) is 3.96. The summed E-state index contributed by atoms with van der Waals surface area (Å²) in [4.78, 5) is 13.8. The Morgan fingerprint density at radius 1 is 1.00 bits per heavy atom. The lowest BCUT2D eigenvalue weighted by atomic mass is 10.1. The van der Waals surface area contributed by atoms with Crippen molar-refractivity contribution in [3.63, 3.8) is 0 Å². The van der Waals surface area contributed by atoms with Crippen LogP contribution in [0.5, 0.6) is 0 Å². The van der Waals surface area contributed by atoms with Crippen LogP contribution in [0.2, 0.25) is 0 Å². The topological polar surface area (TPSA) is 107 Å². The van der Waals surface area contributed by atoms with Crippen molar-refractivity contribution in [2.45, 2.75) is 13.5 Å². The molecule has 0 aliphatic carbocycles. The summed E-state index contributed by atoms with van der Waals surface area (Å²) in [5, 5.41) is 11.1. The third-order valence-electron chi connectivity index (χ3n) is 3.96. The highest BCUT2D eigenvalue weighted by Gasteiger charge is 2.13. The molecule has 2 heterocycles. The van der Waals surface area contributed by atoms with Crippen LogP contribution in [0.1, 0.15) is 11.4 Å². The van der Waals surface area contributed by atoms with Crippen molar-refractivity contribution >= 4 is 22.7 Å². The van der Waals surface area contributed by atoms with Gasteiger partial charge >= 0.3 is 0 Å². The minimum atomic E-state index is 0.484. The highest BCUT2D eigenvalue weighted by Crippen LogP contribution is 2.27. The molecule has 0 unspecified atom stereocenters. The van der Waals surface area contributed by atoms with E-state index < -0.39 is 0 Å². The normalized spacial score (nSPS) is 11.0. The molecule has 0 spiro atoms. The number of aromatic amines is 1. The Bertz CT molecular complexity index is 1040. The second kappa shape index (κ2) is 6.29. The van der Waals surface area contributed by atoms with Gasteiger partial charge in [0.05, 0.1) is 5.52 Å². The maximum atomic E-state index is 4.74. The van der Waals surface area contributed by atoms with E-state index in [1.807, 2.05) is 55.5 Å². The second-order valence-electron chi connectivity index (χ2n) is 5.69. The van der Waals surface area contributed by atoms with Crippen molar-refractivity contribution in [1.82, 2.24) is 25.1 Å². The monoisotopic (exact) mass is 332 g/mol. The van der Waals surface area contributed by atoms with Crippen LogP contribution in [-0.4, -0.2) is 25.1 Å². The van der Waals surface area contributed by atoms with Crippen molar-refractivity contribution in [2.75, 3.05) is 5.32 Å². The summed E-state index contributed by atoms with van der Waals surface area (Å²) >= 11 is 0. The maximum absolute atomic E-state index is 4.74. The number of rotatable bonds is 4. The third kappa shape index (κ3) is 2.92. The molecule has 0 atom stereocenters. The number of anilines is 2. The molecule has 0 aliphatic heterocycles. The van der Waals surface area contributed by atoms with Crippen molar-refractivity contribution in [1.29, 1.82) is 0 Å². The molecule has 2 aromatic heterocycles. The molecule has 0 bridgehead atoms. The summed E-state index contributed by atoms with van der Waals surface area (Å²) < 4.78 is 0. The lowest BCUT2D eigenvalue weighted by Gasteiger charge is -2.10. The second-order valence-corrected chi connectivity index (χ2v) is 5.69. The maximum Gasteiger partial charge on any atom is 0.247 e. The molecule has 0 aliphatic rings. The van der Waals surface area contributed by atoms with Crippen LogP contribution in [0.3, 0.4) is 0 Å². The SMILES string of the molecule is Cc1nc(Nc2nc(-c3ccccc3C[NH3+])nc3ccccc23)n[nH]1. The molecule has 4 rings (SSSR count). The van der Waals surface area contributed by atoms with Gasteiger partial charge in [-0.2, -0.15) is 4.98 Å². The number of fused-ring (bicyclic) bond motifs is 1. The summed E-state index contributed by atoms with van der Waals surface area (Å²) in [5.74, 6) is 2.56. The molecule has 0 fully saturated rings. The van der Waals surface area contributed by atoms with E-state index in [9.17, 15) is 0 Å². The Labute approximate surface area is 144 Å². The lowest BCUT2D eigenvalue weighted by Crippen LogP contribution is -2.47. The van der Waals surface area contributed by atoms with Crippen LogP contribution in [-0.2, 0) is 6.54 Å². The van der Waals surface area contributed by atoms with Gasteiger partial charge in [-0.05, 0) is 19.1 Å². The van der Waals surface area contributed by atoms with Crippen LogP contribution in [0.4, 0.5) is 11.8 Å². The minimum absolute atomic E-state index is 0.484. The summed E-state index contributed by atoms with van der Waals surface area (Å²) in [5.41, 5.74) is 6.96. The van der Waals surface area contributed by atoms with E-state index >= 15 is 0 Å². The van der Waals surface area contributed by atoms with Gasteiger partial charge in [0.25, 0.3) is 0 Å². The predicted octanol–water partition coefficient (Wildman–Crippen LogP) is 2.21. The first-order valence-corrected chi connectivity index (χ1v) is 8.05. The van der Waals surface area contributed by atoms with E-state index in [2.05, 4.69) is 26.2 Å². The number of H-pyrrole nitrogens is 1. The lowest BCUT2D eigenvalue weighted by molar-refractivity contribution is -0.386. The number of hydrogen-bond acceptors (Lipinski definition) is 5. The van der Waals surface area contributed by atoms with Gasteiger partial charge < -0.3 is 11.1 Å². The fourth-order valence-electron chi connectivity index (χ4n) is 2.75. The van der Waals surface area contributed by atoms with Crippen LogP contribution in [0.25, 0.3) is 22.3 Å². The van der Waals surface area contributed by atoms with Gasteiger partial charge in [0.1, 0.15) is 18.2 Å². The van der Waals surface area contributed by atoms with Crippen molar-refractivity contribution < 1.29 is 5.73 Å². The van der Waals surface area contributed by atoms with E-state index in [1.54, 1.807) is 0 Å². The summed E-state index contributed by atoms with van der Waals surface area (Å²) in [6.45, 7) is 2.53. The quantitative estimate of drug-likeness (QED) is 0.531. The van der Waals surface area contributed by atoms with E-state index in [4.69, 9.17) is 9.97 Å². The molecule has 4 aromatic rings. The molecule has 2 aromatic carbocycles. The Hall–Kier alpha value is -3.32. The largest absolute Gasteiger partial charge is 0.354 e. The number of hydrogen-bond donors (Lipinski definition) is 3. The van der Waals surface area contributed by atoms with E-state index in [1.165, 1.54) is 0 Å². The smallest absolute Gasteiger partial charge is 0.247 e. The Morgan fingerprint density at radius 2 is 1.80 bits per heavy atom. The number of benzene rings is 2. The van der Waals surface area contributed by atoms with Gasteiger partial charge in [-0.3, -0.25) is 5.10 Å². The van der Waals surface area contributed by atoms with E-state index in [0.717, 1.165) is 27.9 Å². The Kier molecular flexibility index (Phi) is 3.83. The standard InChI is InChI=1S/C18H17N7/c1-11-20-18(25-24-11)23-17-14-8-4-5-9-15(14)21-16(22-17)13-7-3-2-6-12(13)10-19/h2-9H,10,19H2,1H3,(H2,20,21,22,23,24,25)/p+1. The number of para-hydroxylation sites is 1. The first-order chi connectivity index (χ1) is 12.2. The van der Waals surface area contributed by atoms with Crippen LogP contribution in [0, 0.1) is 6.92 Å². The van der Waals surface area contributed by atoms with Gasteiger partial charge in [0, 0.05) is 16.5 Å². The number of aromatic nitrogens is 5. The van der Waals surface area contributed by atoms with Gasteiger partial charge in [-0.1, -0.05) is 36.4 Å². The molecule has 25 heavy (non-hydrogen) atoms. The molecule has 0 amide bonds. The Morgan fingerprint density at radius 3 is 2.60 bits per heavy atom. The van der Waals surface area contributed by atoms with Crippen molar-refractivity contribution in [3.05, 3.63) is 59.9 Å². The first kappa shape index (κ1) is 15.2. The van der Waals surface area contributed by atoms with E-state index in [0.29, 0.717) is 24.1 Å². The number of quaternary nitrogens is 1. The van der Waals surface area contributed by atoms with Crippen LogP contribution in [0.15, 0.2) is 48.5 Å². The van der Waals surface area contributed by atoms with Gasteiger partial charge in [0.15, 0.2) is 5.82 Å². The number of nitrogens with zero attached hydrogens (tertiary/aromatic N) is 4. The van der Waals surface area contributed by atoms with Gasteiger partial charge in [-0.15, -0.1) is 5.10 Å². The zero-order valence-corrected chi connectivity index (χ0v) is 13.8. The molecule has 0 saturated carbocycles. The van der Waals surface area contributed by atoms with Gasteiger partial charge in [0.2, 0.25) is 5.95 Å². The molecule has 0 saturated heterocycles. The molecule has 0 radical (unpaired) electrons. The zero-order valence-electron chi connectivity index (χ0n) is 13.8. The zero-order chi connectivity index (χ0) is 17.2. The minimum Gasteiger partial charge on any atom is -0.354 e. The van der Waals surface area contributed by atoms with E-state index in [-0.39, 0.29) is 0 Å². The highest BCUT2D eigenvalue weighted by atomic mass is 15.3. The van der Waals surface area contributed by atoms with Gasteiger partial charge in [-0.25, -0.2) is 9.97 Å². The molecule has 5 N–H and O–H groups in total. The molecular weight excluding hydrogens is 314 g/mol. The number of nitrogens with one attached hydrogen (secondary N) is 2. The summed E-state index contributed by atoms with van der Waals surface area (Å²) in [6.07, 6.45) is 0. The predicted molar refractivity (Wildman–Crippen MR) is 96.0 cm³/mol. The van der Waals surface area contributed by atoms with Crippen molar-refractivity contribution in [2.24, 2.45) is 0 Å². The summed E-state index contributed by atoms with van der Waals surface area (Å²) in [6, 6.07) is 15.9. The van der Waals surface area contributed by atoms with Crippen LogP contribution < -0.4 is 11.1 Å². The first-order valence-electron chi connectivity index (χ1n) is 8.05. The fraction of sp³-hybridized carbons (Fsp3) is 0.111. The average Bonchev–Trinajstić information content (AvgIpc) is 3.06. The average molecular weight is 332 g/mol.